The molecule has 2 rings (SSSR count). The number of benzene rings is 2. The van der Waals surface area contributed by atoms with Crippen LogP contribution in [0.1, 0.15) is 17.5 Å². The third-order valence-electron chi connectivity index (χ3n) is 4.79. The molecule has 0 bridgehead atoms. The van der Waals surface area contributed by atoms with Gasteiger partial charge in [0.05, 0.1) is 8.07 Å². The first-order valence-corrected chi connectivity index (χ1v) is 13.1. The van der Waals surface area contributed by atoms with Crippen LogP contribution in [0.4, 0.5) is 4.39 Å². The third-order valence-corrected chi connectivity index (χ3v) is 7.68. The minimum atomic E-state index is -2.48. The standard InChI is InChI=1S/C23H27FO5Si/c1-30(2,3)23(27,22(26)29-17-19-12-7-8-13-20(19)24)15-9-14-21(25)28-16-18-10-5-4-6-11-18/h4-14,27H,15-17H2,1-3H3/b14-9+/t23-/m1/s1. The normalized spacial score (nSPS) is 13.6. The summed E-state index contributed by atoms with van der Waals surface area (Å²) in [6.45, 7) is 5.31. The SMILES string of the molecule is C[Si](C)(C)[C@](O)(C/C=C/C(=O)OCc1ccccc1)C(=O)OCc1ccccc1F. The minimum absolute atomic E-state index is 0.0980. The Kier molecular flexibility index (Phi) is 8.08. The monoisotopic (exact) mass is 430 g/mol. The summed E-state index contributed by atoms with van der Waals surface area (Å²) in [5, 5.41) is 9.31. The molecule has 0 heterocycles. The van der Waals surface area contributed by atoms with Crippen LogP contribution in [-0.4, -0.2) is 30.3 Å². The fraction of sp³-hybridized carbons (Fsp3) is 0.304. The van der Waals surface area contributed by atoms with Gasteiger partial charge in [-0.3, -0.25) is 0 Å². The average Bonchev–Trinajstić information content (AvgIpc) is 2.71. The molecule has 0 saturated heterocycles. The lowest BCUT2D eigenvalue weighted by Crippen LogP contribution is -2.58. The number of halogens is 1. The van der Waals surface area contributed by atoms with Gasteiger partial charge in [-0.25, -0.2) is 14.0 Å². The molecule has 30 heavy (non-hydrogen) atoms. The first-order chi connectivity index (χ1) is 14.1. The summed E-state index contributed by atoms with van der Waals surface area (Å²) >= 11 is 0. The molecule has 0 aliphatic heterocycles. The van der Waals surface area contributed by atoms with Crippen LogP contribution in [0.3, 0.4) is 0 Å². The largest absolute Gasteiger partial charge is 0.459 e. The van der Waals surface area contributed by atoms with Gasteiger partial charge in [0, 0.05) is 18.1 Å². The van der Waals surface area contributed by atoms with E-state index < -0.39 is 31.1 Å². The summed E-state index contributed by atoms with van der Waals surface area (Å²) in [7, 11) is -2.48. The molecule has 7 heteroatoms. The molecular formula is C23H27FO5Si. The van der Waals surface area contributed by atoms with Crippen molar-refractivity contribution in [3.05, 3.63) is 83.7 Å². The molecular weight excluding hydrogens is 403 g/mol. The van der Waals surface area contributed by atoms with Gasteiger partial charge in [-0.1, -0.05) is 74.2 Å². The Hall–Kier alpha value is -2.77. The van der Waals surface area contributed by atoms with E-state index in [9.17, 15) is 19.1 Å². The molecule has 0 saturated carbocycles. The van der Waals surface area contributed by atoms with E-state index in [2.05, 4.69) is 0 Å². The molecule has 160 valence electrons. The second-order valence-corrected chi connectivity index (χ2v) is 13.3. The molecule has 1 N–H and O–H groups in total. The Labute approximate surface area is 177 Å². The van der Waals surface area contributed by atoms with Gasteiger partial charge >= 0.3 is 11.9 Å². The van der Waals surface area contributed by atoms with Crippen molar-refractivity contribution in [1.29, 1.82) is 0 Å². The fourth-order valence-electron chi connectivity index (χ4n) is 2.68. The van der Waals surface area contributed by atoms with Gasteiger partial charge in [0.25, 0.3) is 0 Å². The van der Waals surface area contributed by atoms with Crippen molar-refractivity contribution in [2.24, 2.45) is 0 Å². The molecule has 0 unspecified atom stereocenters. The number of carbonyl (C=O) groups is 2. The highest BCUT2D eigenvalue weighted by Crippen LogP contribution is 2.27. The van der Waals surface area contributed by atoms with E-state index in [1.807, 2.05) is 50.0 Å². The summed E-state index contributed by atoms with van der Waals surface area (Å²) in [5.74, 6) is -1.88. The van der Waals surface area contributed by atoms with E-state index in [1.165, 1.54) is 24.3 Å². The number of hydrogen-bond acceptors (Lipinski definition) is 5. The summed E-state index contributed by atoms with van der Waals surface area (Å²) in [5.41, 5.74) is 1.08. The van der Waals surface area contributed by atoms with Gasteiger partial charge in [0.1, 0.15) is 19.0 Å². The predicted octanol–water partition coefficient (Wildman–Crippen LogP) is 4.17. The third kappa shape index (κ3) is 6.37. The van der Waals surface area contributed by atoms with Crippen molar-refractivity contribution in [2.45, 2.75) is 44.5 Å². The maximum Gasteiger partial charge on any atom is 0.335 e. The molecule has 1 atom stereocenters. The van der Waals surface area contributed by atoms with Crippen molar-refractivity contribution in [3.63, 3.8) is 0 Å². The van der Waals surface area contributed by atoms with Crippen LogP contribution in [0, 0.1) is 5.82 Å². The van der Waals surface area contributed by atoms with Crippen LogP contribution < -0.4 is 0 Å². The molecule has 2 aromatic carbocycles. The highest BCUT2D eigenvalue weighted by Gasteiger charge is 2.48. The first-order valence-electron chi connectivity index (χ1n) is 9.64. The number of rotatable bonds is 9. The van der Waals surface area contributed by atoms with Crippen molar-refractivity contribution in [3.8, 4) is 0 Å². The minimum Gasteiger partial charge on any atom is -0.459 e. The fourth-order valence-corrected chi connectivity index (χ4v) is 4.09. The molecule has 5 nitrogen and oxygen atoms in total. The van der Waals surface area contributed by atoms with E-state index in [0.717, 1.165) is 5.56 Å². The van der Waals surface area contributed by atoms with E-state index in [1.54, 1.807) is 12.1 Å². The van der Waals surface area contributed by atoms with Crippen LogP contribution in [-0.2, 0) is 32.3 Å². The van der Waals surface area contributed by atoms with Crippen LogP contribution in [0.15, 0.2) is 66.7 Å². The van der Waals surface area contributed by atoms with Gasteiger partial charge < -0.3 is 14.6 Å². The zero-order chi connectivity index (χ0) is 22.2. The number of aliphatic hydroxyl groups is 1. The van der Waals surface area contributed by atoms with Gasteiger partial charge in [-0.05, 0) is 11.6 Å². The Balaban J connectivity index is 1.98. The Morgan fingerprint density at radius 2 is 1.63 bits per heavy atom. The molecule has 0 aliphatic rings. The first kappa shape index (κ1) is 23.5. The lowest BCUT2D eigenvalue weighted by Gasteiger charge is -2.35. The number of ether oxygens (including phenoxy) is 2. The smallest absolute Gasteiger partial charge is 0.335 e. The summed E-state index contributed by atoms with van der Waals surface area (Å²) in [6, 6.07) is 15.2. The topological polar surface area (TPSA) is 72.8 Å². The van der Waals surface area contributed by atoms with E-state index in [4.69, 9.17) is 9.47 Å². The van der Waals surface area contributed by atoms with Crippen LogP contribution >= 0.6 is 0 Å². The zero-order valence-corrected chi connectivity index (χ0v) is 18.4. The lowest BCUT2D eigenvalue weighted by molar-refractivity contribution is -0.159. The lowest BCUT2D eigenvalue weighted by atomic mass is 10.2. The second kappa shape index (κ2) is 10.3. The van der Waals surface area contributed by atoms with E-state index in [-0.39, 0.29) is 25.2 Å². The molecule has 0 spiro atoms. The number of carbonyl (C=O) groups excluding carboxylic acids is 2. The molecule has 2 aromatic rings. The Bertz CT molecular complexity index is 892. The predicted molar refractivity (Wildman–Crippen MR) is 114 cm³/mol. The second-order valence-electron chi connectivity index (χ2n) is 7.98. The number of hydrogen-bond donors (Lipinski definition) is 1. The van der Waals surface area contributed by atoms with Gasteiger partial charge in [-0.15, -0.1) is 0 Å². The maximum atomic E-state index is 13.7. The summed E-state index contributed by atoms with van der Waals surface area (Å²) < 4.78 is 24.1. The highest BCUT2D eigenvalue weighted by atomic mass is 28.3. The molecule has 0 amide bonds. The van der Waals surface area contributed by atoms with Gasteiger partial charge in [0.15, 0.2) is 5.22 Å². The molecule has 0 aromatic heterocycles. The summed E-state index contributed by atoms with van der Waals surface area (Å²) in [6.07, 6.45) is 2.51. The quantitative estimate of drug-likeness (QED) is 0.367. The van der Waals surface area contributed by atoms with Crippen molar-refractivity contribution in [1.82, 2.24) is 0 Å². The van der Waals surface area contributed by atoms with Crippen molar-refractivity contribution in [2.75, 3.05) is 0 Å². The zero-order valence-electron chi connectivity index (χ0n) is 17.4. The van der Waals surface area contributed by atoms with Crippen molar-refractivity contribution < 1.29 is 28.6 Å². The highest BCUT2D eigenvalue weighted by molar-refractivity contribution is 6.82. The van der Waals surface area contributed by atoms with Gasteiger partial charge in [-0.2, -0.15) is 0 Å². The Morgan fingerprint density at radius 3 is 2.27 bits per heavy atom. The van der Waals surface area contributed by atoms with Crippen LogP contribution in [0.2, 0.25) is 19.6 Å². The molecule has 0 fully saturated rings. The van der Waals surface area contributed by atoms with E-state index in [0.29, 0.717) is 0 Å². The van der Waals surface area contributed by atoms with Crippen LogP contribution in [0.25, 0.3) is 0 Å². The maximum absolute atomic E-state index is 13.7. The summed E-state index contributed by atoms with van der Waals surface area (Å²) in [4.78, 5) is 24.6. The molecule has 0 radical (unpaired) electrons. The van der Waals surface area contributed by atoms with Crippen molar-refractivity contribution >= 4 is 20.0 Å². The Morgan fingerprint density at radius 1 is 1.00 bits per heavy atom. The average molecular weight is 431 g/mol. The van der Waals surface area contributed by atoms with Crippen LogP contribution in [0.5, 0.6) is 0 Å². The van der Waals surface area contributed by atoms with Gasteiger partial charge in [0.2, 0.25) is 0 Å². The number of esters is 2. The van der Waals surface area contributed by atoms with E-state index >= 15 is 0 Å². The molecule has 0 aliphatic carbocycles.